The molecule has 25 heavy (non-hydrogen) atoms. The molecule has 0 aliphatic heterocycles. The van der Waals surface area contributed by atoms with Crippen molar-refractivity contribution in [3.8, 4) is 0 Å². The summed E-state index contributed by atoms with van der Waals surface area (Å²) >= 11 is 0. The van der Waals surface area contributed by atoms with E-state index in [0.29, 0.717) is 18.7 Å². The first-order valence-electron chi connectivity index (χ1n) is 8.05. The van der Waals surface area contributed by atoms with Crippen LogP contribution in [-0.2, 0) is 0 Å². The van der Waals surface area contributed by atoms with E-state index in [4.69, 9.17) is 5.73 Å². The number of guanidine groups is 1. The van der Waals surface area contributed by atoms with Gasteiger partial charge in [0.15, 0.2) is 5.96 Å². The number of benzene rings is 2. The predicted molar refractivity (Wildman–Crippen MR) is 99.5 cm³/mol. The molecule has 0 aromatic heterocycles. The number of anilines is 1. The van der Waals surface area contributed by atoms with Crippen molar-refractivity contribution in [3.63, 3.8) is 0 Å². The number of nitrogens with one attached hydrogen (secondary N) is 2. The molecular weight excluding hydrogens is 319 g/mol. The molecule has 0 aliphatic carbocycles. The number of nitrogens with zero attached hydrogens (tertiary/aromatic N) is 1. The first kappa shape index (κ1) is 18.4. The number of nitrogens with two attached hydrogens (primary N) is 1. The van der Waals surface area contributed by atoms with Crippen molar-refractivity contribution >= 4 is 17.6 Å². The lowest BCUT2D eigenvalue weighted by Gasteiger charge is -2.08. The largest absolute Gasteiger partial charge is 0.370 e. The number of hydrogen-bond donors (Lipinski definition) is 3. The second kappa shape index (κ2) is 8.28. The fraction of sp³-hybridized carbons (Fsp3) is 0.263. The second-order valence-corrected chi connectivity index (χ2v) is 5.91. The Morgan fingerprint density at radius 1 is 1.08 bits per heavy atom. The molecular formula is C19H23FN4O. The minimum absolute atomic E-state index is 0.277. The van der Waals surface area contributed by atoms with Gasteiger partial charge in [-0.1, -0.05) is 12.1 Å². The Balaban J connectivity index is 1.82. The van der Waals surface area contributed by atoms with Crippen LogP contribution in [0.15, 0.2) is 41.4 Å². The molecule has 0 saturated heterocycles. The van der Waals surface area contributed by atoms with Crippen LogP contribution in [0.3, 0.4) is 0 Å². The van der Waals surface area contributed by atoms with Crippen LogP contribution < -0.4 is 16.4 Å². The molecule has 2 aromatic carbocycles. The smallest absolute Gasteiger partial charge is 0.251 e. The number of hydrogen-bond acceptors (Lipinski definition) is 2. The van der Waals surface area contributed by atoms with Gasteiger partial charge in [0.1, 0.15) is 5.82 Å². The van der Waals surface area contributed by atoms with Crippen molar-refractivity contribution in [1.29, 1.82) is 0 Å². The molecule has 0 aliphatic rings. The molecule has 2 rings (SSSR count). The summed E-state index contributed by atoms with van der Waals surface area (Å²) in [5.74, 6) is -0.457. The Kier molecular flexibility index (Phi) is 6.11. The summed E-state index contributed by atoms with van der Waals surface area (Å²) in [5, 5.41) is 5.69. The van der Waals surface area contributed by atoms with E-state index in [0.717, 1.165) is 11.3 Å². The average Bonchev–Trinajstić information content (AvgIpc) is 2.57. The van der Waals surface area contributed by atoms with Crippen LogP contribution in [0.2, 0.25) is 0 Å². The SMILES string of the molecule is Cc1ccc(NC(N)=NCCNC(=O)c2ccc(C)c(F)c2)cc1C. The molecule has 1 amide bonds. The van der Waals surface area contributed by atoms with Gasteiger partial charge in [-0.25, -0.2) is 4.39 Å². The second-order valence-electron chi connectivity index (χ2n) is 5.91. The van der Waals surface area contributed by atoms with Crippen LogP contribution in [-0.4, -0.2) is 25.0 Å². The number of halogens is 1. The zero-order valence-corrected chi connectivity index (χ0v) is 14.7. The Labute approximate surface area is 147 Å². The molecule has 0 saturated carbocycles. The molecule has 0 fully saturated rings. The monoisotopic (exact) mass is 342 g/mol. The van der Waals surface area contributed by atoms with Gasteiger partial charge in [0.2, 0.25) is 0 Å². The van der Waals surface area contributed by atoms with E-state index in [1.807, 2.05) is 32.0 Å². The van der Waals surface area contributed by atoms with E-state index < -0.39 is 5.82 Å². The number of aliphatic imine (C=N–C) groups is 1. The summed E-state index contributed by atoms with van der Waals surface area (Å²) < 4.78 is 13.5. The van der Waals surface area contributed by atoms with Crippen molar-refractivity contribution in [3.05, 3.63) is 64.5 Å². The standard InChI is InChI=1S/C19H23FN4O/c1-12-5-7-16(10-14(12)3)24-19(21)23-9-8-22-18(25)15-6-4-13(2)17(20)11-15/h4-7,10-11H,8-9H2,1-3H3,(H,22,25)(H3,21,23,24). The Bertz CT molecular complexity index is 802. The van der Waals surface area contributed by atoms with Crippen molar-refractivity contribution in [2.24, 2.45) is 10.7 Å². The van der Waals surface area contributed by atoms with Gasteiger partial charge in [-0.05, 0) is 61.7 Å². The Morgan fingerprint density at radius 3 is 2.48 bits per heavy atom. The van der Waals surface area contributed by atoms with Gasteiger partial charge >= 0.3 is 0 Å². The fourth-order valence-electron chi connectivity index (χ4n) is 2.19. The molecule has 0 atom stereocenters. The number of amides is 1. The van der Waals surface area contributed by atoms with Gasteiger partial charge in [-0.15, -0.1) is 0 Å². The molecule has 0 heterocycles. The lowest BCUT2D eigenvalue weighted by Crippen LogP contribution is -2.28. The summed E-state index contributed by atoms with van der Waals surface area (Å²) in [4.78, 5) is 16.1. The van der Waals surface area contributed by atoms with E-state index in [1.165, 1.54) is 11.6 Å². The molecule has 6 heteroatoms. The zero-order chi connectivity index (χ0) is 18.4. The van der Waals surface area contributed by atoms with Crippen molar-refractivity contribution in [2.45, 2.75) is 20.8 Å². The lowest BCUT2D eigenvalue weighted by molar-refractivity contribution is 0.0954. The summed E-state index contributed by atoms with van der Waals surface area (Å²) in [6, 6.07) is 10.3. The first-order chi connectivity index (χ1) is 11.9. The van der Waals surface area contributed by atoms with Gasteiger partial charge < -0.3 is 16.4 Å². The molecule has 0 unspecified atom stereocenters. The van der Waals surface area contributed by atoms with Crippen LogP contribution in [0.1, 0.15) is 27.0 Å². The quantitative estimate of drug-likeness (QED) is 0.444. The number of carbonyl (C=O) groups excluding carboxylic acids is 1. The van der Waals surface area contributed by atoms with Crippen LogP contribution in [0.5, 0.6) is 0 Å². The highest BCUT2D eigenvalue weighted by molar-refractivity contribution is 5.94. The lowest BCUT2D eigenvalue weighted by atomic mass is 10.1. The van der Waals surface area contributed by atoms with Crippen molar-refractivity contribution in [2.75, 3.05) is 18.4 Å². The van der Waals surface area contributed by atoms with E-state index >= 15 is 0 Å². The molecule has 132 valence electrons. The summed E-state index contributed by atoms with van der Waals surface area (Å²) in [6.07, 6.45) is 0. The number of carbonyl (C=O) groups is 1. The highest BCUT2D eigenvalue weighted by Gasteiger charge is 2.07. The van der Waals surface area contributed by atoms with Crippen molar-refractivity contribution in [1.82, 2.24) is 5.32 Å². The summed E-state index contributed by atoms with van der Waals surface area (Å²) in [7, 11) is 0. The normalized spacial score (nSPS) is 11.3. The topological polar surface area (TPSA) is 79.5 Å². The van der Waals surface area contributed by atoms with Gasteiger partial charge in [0, 0.05) is 17.8 Å². The highest BCUT2D eigenvalue weighted by Crippen LogP contribution is 2.13. The van der Waals surface area contributed by atoms with Crippen LogP contribution in [0.25, 0.3) is 0 Å². The predicted octanol–water partition coefficient (Wildman–Crippen LogP) is 2.91. The minimum atomic E-state index is -0.396. The molecule has 4 N–H and O–H groups in total. The van der Waals surface area contributed by atoms with E-state index in [2.05, 4.69) is 15.6 Å². The number of aryl methyl sites for hydroxylation is 3. The molecule has 0 bridgehead atoms. The van der Waals surface area contributed by atoms with Gasteiger partial charge in [0.25, 0.3) is 5.91 Å². The Morgan fingerprint density at radius 2 is 1.80 bits per heavy atom. The van der Waals surface area contributed by atoms with Gasteiger partial charge in [-0.3, -0.25) is 9.79 Å². The summed E-state index contributed by atoms with van der Waals surface area (Å²) in [6.45, 7) is 6.35. The summed E-state index contributed by atoms with van der Waals surface area (Å²) in [5.41, 5.74) is 9.86. The fourth-order valence-corrected chi connectivity index (χ4v) is 2.19. The molecule has 0 radical (unpaired) electrons. The van der Waals surface area contributed by atoms with E-state index in [9.17, 15) is 9.18 Å². The van der Waals surface area contributed by atoms with Crippen LogP contribution in [0, 0.1) is 26.6 Å². The molecule has 2 aromatic rings. The highest BCUT2D eigenvalue weighted by atomic mass is 19.1. The number of rotatable bonds is 5. The maximum absolute atomic E-state index is 13.5. The Hall–Kier alpha value is -2.89. The zero-order valence-electron chi connectivity index (χ0n) is 14.7. The van der Waals surface area contributed by atoms with Crippen molar-refractivity contribution < 1.29 is 9.18 Å². The third-order valence-corrected chi connectivity index (χ3v) is 3.89. The van der Waals surface area contributed by atoms with Gasteiger partial charge in [-0.2, -0.15) is 0 Å². The van der Waals surface area contributed by atoms with Gasteiger partial charge in [0.05, 0.1) is 6.54 Å². The maximum atomic E-state index is 13.5. The first-order valence-corrected chi connectivity index (χ1v) is 8.05. The maximum Gasteiger partial charge on any atom is 0.251 e. The third-order valence-electron chi connectivity index (χ3n) is 3.89. The van der Waals surface area contributed by atoms with Crippen LogP contribution >= 0.6 is 0 Å². The third kappa shape index (κ3) is 5.31. The van der Waals surface area contributed by atoms with E-state index in [-0.39, 0.29) is 17.4 Å². The van der Waals surface area contributed by atoms with Crippen LogP contribution in [0.4, 0.5) is 10.1 Å². The average molecular weight is 342 g/mol. The minimum Gasteiger partial charge on any atom is -0.370 e. The molecule has 0 spiro atoms. The van der Waals surface area contributed by atoms with E-state index in [1.54, 1.807) is 19.1 Å². The molecule has 5 nitrogen and oxygen atoms in total.